The highest BCUT2D eigenvalue weighted by Crippen LogP contribution is 2.25. The van der Waals surface area contributed by atoms with Crippen LogP contribution in [0.4, 0.5) is 11.4 Å². The fraction of sp³-hybridized carbons (Fsp3) is 0.192. The number of rotatable bonds is 8. The Morgan fingerprint density at radius 1 is 1.00 bits per heavy atom. The van der Waals surface area contributed by atoms with Crippen LogP contribution >= 0.6 is 0 Å². The molecule has 0 fully saturated rings. The van der Waals surface area contributed by atoms with Crippen LogP contribution in [-0.4, -0.2) is 30.5 Å². The molecule has 0 atom stereocenters. The number of aromatic nitrogens is 2. The number of aryl methyl sites for hydroxylation is 2. The topological polar surface area (TPSA) is 105 Å². The van der Waals surface area contributed by atoms with Gasteiger partial charge >= 0.3 is 0 Å². The number of amides is 1. The van der Waals surface area contributed by atoms with E-state index in [1.165, 1.54) is 6.20 Å². The molecule has 0 bridgehead atoms. The standard InChI is InChI=1S/C26H26N4O4S/c1-18-9-11-20(12-10-18)16-30(17-22-8-5-13-34-22)23-15-27-26(35(3,32)33)29-24(23)25(31)28-21-7-4-6-19(2)14-21/h4-15H,16-17H2,1-3H3,(H,28,31). The van der Waals surface area contributed by atoms with Gasteiger partial charge in [-0.05, 0) is 49.2 Å². The number of hydrogen-bond donors (Lipinski definition) is 1. The minimum absolute atomic E-state index is 0.0411. The first-order valence-corrected chi connectivity index (χ1v) is 12.9. The Bertz CT molecular complexity index is 1430. The van der Waals surface area contributed by atoms with Crippen molar-refractivity contribution in [2.24, 2.45) is 0 Å². The number of carbonyl (C=O) groups excluding carboxylic acids is 1. The molecule has 1 N–H and O–H groups in total. The predicted octanol–water partition coefficient (Wildman–Crippen LogP) is 4.55. The summed E-state index contributed by atoms with van der Waals surface area (Å²) in [4.78, 5) is 23.5. The maximum Gasteiger partial charge on any atom is 0.276 e. The lowest BCUT2D eigenvalue weighted by molar-refractivity contribution is 0.102. The summed E-state index contributed by atoms with van der Waals surface area (Å²) in [6.07, 6.45) is 3.97. The molecule has 2 aromatic heterocycles. The molecule has 0 unspecified atom stereocenters. The van der Waals surface area contributed by atoms with Crippen LogP contribution in [0.3, 0.4) is 0 Å². The second-order valence-corrected chi connectivity index (χ2v) is 10.3. The van der Waals surface area contributed by atoms with Crippen LogP contribution in [0.5, 0.6) is 0 Å². The Balaban J connectivity index is 1.78. The predicted molar refractivity (Wildman–Crippen MR) is 134 cm³/mol. The van der Waals surface area contributed by atoms with E-state index in [0.717, 1.165) is 22.9 Å². The number of anilines is 2. The fourth-order valence-electron chi connectivity index (χ4n) is 3.58. The number of furan rings is 1. The van der Waals surface area contributed by atoms with Gasteiger partial charge in [0.1, 0.15) is 5.76 Å². The molecule has 0 radical (unpaired) electrons. The normalized spacial score (nSPS) is 11.3. The van der Waals surface area contributed by atoms with Gasteiger partial charge in [-0.25, -0.2) is 18.4 Å². The summed E-state index contributed by atoms with van der Waals surface area (Å²) in [6.45, 7) is 4.68. The summed E-state index contributed by atoms with van der Waals surface area (Å²) < 4.78 is 29.9. The molecule has 35 heavy (non-hydrogen) atoms. The first-order valence-electron chi connectivity index (χ1n) is 11.0. The average molecular weight is 491 g/mol. The molecule has 4 rings (SSSR count). The van der Waals surface area contributed by atoms with E-state index in [-0.39, 0.29) is 5.69 Å². The number of sulfone groups is 1. The van der Waals surface area contributed by atoms with E-state index in [4.69, 9.17) is 4.42 Å². The van der Waals surface area contributed by atoms with Crippen molar-refractivity contribution in [1.82, 2.24) is 9.97 Å². The van der Waals surface area contributed by atoms with Gasteiger partial charge < -0.3 is 14.6 Å². The van der Waals surface area contributed by atoms with Crippen molar-refractivity contribution in [3.05, 3.63) is 101 Å². The minimum Gasteiger partial charge on any atom is -0.467 e. The third-order valence-electron chi connectivity index (χ3n) is 5.33. The van der Waals surface area contributed by atoms with Crippen molar-refractivity contribution < 1.29 is 17.6 Å². The summed E-state index contributed by atoms with van der Waals surface area (Å²) >= 11 is 0. The van der Waals surface area contributed by atoms with Gasteiger partial charge in [0.2, 0.25) is 15.0 Å². The molecule has 8 nitrogen and oxygen atoms in total. The summed E-state index contributed by atoms with van der Waals surface area (Å²) in [5.41, 5.74) is 4.03. The SMILES string of the molecule is Cc1ccc(CN(Cc2ccco2)c2cnc(S(C)(=O)=O)nc2C(=O)Nc2cccc(C)c2)cc1. The van der Waals surface area contributed by atoms with Gasteiger partial charge in [-0.15, -0.1) is 0 Å². The lowest BCUT2D eigenvalue weighted by Gasteiger charge is -2.25. The molecule has 0 aliphatic heterocycles. The van der Waals surface area contributed by atoms with Crippen LogP contribution in [0.15, 0.2) is 82.7 Å². The molecular weight excluding hydrogens is 464 g/mol. The third kappa shape index (κ3) is 6.13. The fourth-order valence-corrected chi connectivity index (χ4v) is 4.08. The molecule has 2 heterocycles. The third-order valence-corrected chi connectivity index (χ3v) is 6.19. The zero-order valence-electron chi connectivity index (χ0n) is 19.7. The maximum absolute atomic E-state index is 13.4. The van der Waals surface area contributed by atoms with Crippen LogP contribution in [0.25, 0.3) is 0 Å². The highest BCUT2D eigenvalue weighted by molar-refractivity contribution is 7.90. The highest BCUT2D eigenvalue weighted by atomic mass is 32.2. The Kier molecular flexibility index (Phi) is 6.97. The number of carbonyl (C=O) groups is 1. The number of nitrogens with one attached hydrogen (secondary N) is 1. The van der Waals surface area contributed by atoms with E-state index in [2.05, 4.69) is 15.3 Å². The Morgan fingerprint density at radius 3 is 2.43 bits per heavy atom. The van der Waals surface area contributed by atoms with Gasteiger partial charge in [-0.2, -0.15) is 0 Å². The average Bonchev–Trinajstić information content (AvgIpc) is 3.32. The van der Waals surface area contributed by atoms with E-state index in [9.17, 15) is 13.2 Å². The molecule has 180 valence electrons. The summed E-state index contributed by atoms with van der Waals surface area (Å²) in [5.74, 6) is 0.139. The van der Waals surface area contributed by atoms with E-state index in [1.807, 2.05) is 67.3 Å². The van der Waals surface area contributed by atoms with Gasteiger partial charge in [0.25, 0.3) is 5.91 Å². The minimum atomic E-state index is -3.73. The van der Waals surface area contributed by atoms with Gasteiger partial charge in [0.15, 0.2) is 5.69 Å². The number of nitrogens with zero attached hydrogens (tertiary/aromatic N) is 3. The molecule has 0 aliphatic carbocycles. The van der Waals surface area contributed by atoms with E-state index in [0.29, 0.717) is 30.2 Å². The Hall–Kier alpha value is -3.98. The largest absolute Gasteiger partial charge is 0.467 e. The zero-order valence-corrected chi connectivity index (χ0v) is 20.5. The van der Waals surface area contributed by atoms with Crippen molar-refractivity contribution in [3.63, 3.8) is 0 Å². The van der Waals surface area contributed by atoms with Gasteiger partial charge in [-0.3, -0.25) is 4.79 Å². The first-order chi connectivity index (χ1) is 16.7. The van der Waals surface area contributed by atoms with Crippen molar-refractivity contribution in [2.75, 3.05) is 16.5 Å². The second kappa shape index (κ2) is 10.1. The van der Waals surface area contributed by atoms with E-state index in [1.54, 1.807) is 18.4 Å². The molecule has 9 heteroatoms. The number of hydrogen-bond acceptors (Lipinski definition) is 7. The molecule has 4 aromatic rings. The quantitative estimate of drug-likeness (QED) is 0.361. The van der Waals surface area contributed by atoms with Crippen LogP contribution < -0.4 is 10.2 Å². The Labute approximate surface area is 204 Å². The van der Waals surface area contributed by atoms with Crippen molar-refractivity contribution in [1.29, 1.82) is 0 Å². The van der Waals surface area contributed by atoms with Crippen LogP contribution in [0.2, 0.25) is 0 Å². The lowest BCUT2D eigenvalue weighted by Crippen LogP contribution is -2.27. The molecule has 0 saturated carbocycles. The van der Waals surface area contributed by atoms with Gasteiger partial charge in [-0.1, -0.05) is 42.0 Å². The zero-order chi connectivity index (χ0) is 25.0. The second-order valence-electron chi connectivity index (χ2n) is 8.40. The lowest BCUT2D eigenvalue weighted by atomic mass is 10.1. The highest BCUT2D eigenvalue weighted by Gasteiger charge is 2.24. The van der Waals surface area contributed by atoms with Gasteiger partial charge in [0.05, 0.1) is 24.7 Å². The molecule has 0 aliphatic rings. The Morgan fingerprint density at radius 2 is 1.77 bits per heavy atom. The molecule has 2 aromatic carbocycles. The maximum atomic E-state index is 13.4. The van der Waals surface area contributed by atoms with Gasteiger partial charge in [0, 0.05) is 18.5 Å². The van der Waals surface area contributed by atoms with E-state index < -0.39 is 20.9 Å². The van der Waals surface area contributed by atoms with Crippen molar-refractivity contribution >= 4 is 27.1 Å². The molecule has 1 amide bonds. The van der Waals surface area contributed by atoms with Crippen LogP contribution in [0.1, 0.15) is 32.9 Å². The first kappa shape index (κ1) is 24.2. The summed E-state index contributed by atoms with van der Waals surface area (Å²) in [7, 11) is -3.73. The smallest absolute Gasteiger partial charge is 0.276 e. The van der Waals surface area contributed by atoms with Crippen LogP contribution in [0, 0.1) is 13.8 Å². The molecule has 0 saturated heterocycles. The molecule has 0 spiro atoms. The van der Waals surface area contributed by atoms with Crippen molar-refractivity contribution in [2.45, 2.75) is 32.1 Å². The monoisotopic (exact) mass is 490 g/mol. The summed E-state index contributed by atoms with van der Waals surface area (Å²) in [5, 5.41) is 2.42. The van der Waals surface area contributed by atoms with Crippen LogP contribution in [-0.2, 0) is 22.9 Å². The van der Waals surface area contributed by atoms with E-state index >= 15 is 0 Å². The summed E-state index contributed by atoms with van der Waals surface area (Å²) in [6, 6.07) is 19.0. The molecular formula is C26H26N4O4S. The number of benzene rings is 2. The van der Waals surface area contributed by atoms with Crippen molar-refractivity contribution in [3.8, 4) is 0 Å².